The van der Waals surface area contributed by atoms with Gasteiger partial charge in [-0.1, -0.05) is 53.7 Å². The van der Waals surface area contributed by atoms with Gasteiger partial charge in [-0.05, 0) is 42.5 Å². The Kier molecular flexibility index (Phi) is 8.12. The van der Waals surface area contributed by atoms with Crippen LogP contribution in [0.25, 0.3) is 0 Å². The number of nitrogens with one attached hydrogen (secondary N) is 1. The molecule has 0 aromatic heterocycles. The summed E-state index contributed by atoms with van der Waals surface area (Å²) in [5.74, 6) is -0.344. The van der Waals surface area contributed by atoms with Crippen molar-refractivity contribution in [3.63, 3.8) is 0 Å². The molecule has 1 saturated heterocycles. The number of carbonyl (C=O) groups is 1. The van der Waals surface area contributed by atoms with Gasteiger partial charge in [0.25, 0.3) is 5.91 Å². The van der Waals surface area contributed by atoms with E-state index in [9.17, 15) is 13.2 Å². The Hall–Kier alpha value is -2.56. The zero-order chi connectivity index (χ0) is 24.0. The first-order chi connectivity index (χ1) is 16.4. The highest BCUT2D eigenvalue weighted by Crippen LogP contribution is 2.33. The van der Waals surface area contributed by atoms with Crippen LogP contribution >= 0.6 is 23.4 Å². The number of hydrogen-bond acceptors (Lipinski definition) is 6. The lowest BCUT2D eigenvalue weighted by atomic mass is 10.3. The lowest BCUT2D eigenvalue weighted by Crippen LogP contribution is -2.40. The number of nitrogens with zero attached hydrogens (tertiary/aromatic N) is 1. The summed E-state index contributed by atoms with van der Waals surface area (Å²) < 4.78 is 38.5. The highest BCUT2D eigenvalue weighted by atomic mass is 35.5. The maximum atomic E-state index is 13.1. The summed E-state index contributed by atoms with van der Waals surface area (Å²) in [6, 6.07) is 21.6. The number of amides is 1. The Labute approximate surface area is 208 Å². The van der Waals surface area contributed by atoms with Crippen molar-refractivity contribution in [2.75, 3.05) is 38.2 Å². The summed E-state index contributed by atoms with van der Waals surface area (Å²) in [4.78, 5) is 14.5. The molecule has 10 heteroatoms. The predicted molar refractivity (Wildman–Crippen MR) is 132 cm³/mol. The molecule has 1 aliphatic rings. The van der Waals surface area contributed by atoms with Gasteiger partial charge in [-0.15, -0.1) is 0 Å². The molecule has 34 heavy (non-hydrogen) atoms. The Morgan fingerprint density at radius 2 is 1.74 bits per heavy atom. The van der Waals surface area contributed by atoms with Crippen LogP contribution in [0.5, 0.6) is 5.75 Å². The molecule has 3 aromatic rings. The van der Waals surface area contributed by atoms with Crippen molar-refractivity contribution in [2.45, 2.75) is 14.7 Å². The number of para-hydroxylation sites is 1. The molecule has 0 bridgehead atoms. The standard InChI is InChI=1S/C24H23ClN2O5S2/c25-18-10-11-21(23(16-18)34(29,30)27-12-14-31-15-13-27)32-17-24(28)26-20-8-4-5-9-22(20)33-19-6-2-1-3-7-19/h1-11,16H,12-15,17H2,(H,26,28). The molecule has 178 valence electrons. The molecular formula is C24H23ClN2O5S2. The van der Waals surface area contributed by atoms with Crippen molar-refractivity contribution in [2.24, 2.45) is 0 Å². The second-order valence-electron chi connectivity index (χ2n) is 7.36. The molecule has 1 fully saturated rings. The lowest BCUT2D eigenvalue weighted by Gasteiger charge is -2.26. The number of hydrogen-bond donors (Lipinski definition) is 1. The van der Waals surface area contributed by atoms with Gasteiger partial charge in [0, 0.05) is 27.9 Å². The van der Waals surface area contributed by atoms with Crippen LogP contribution in [0.4, 0.5) is 5.69 Å². The molecule has 3 aromatic carbocycles. The maximum absolute atomic E-state index is 13.1. The Balaban J connectivity index is 1.46. The quantitative estimate of drug-likeness (QED) is 0.471. The summed E-state index contributed by atoms with van der Waals surface area (Å²) in [6.45, 7) is 0.754. The molecule has 0 saturated carbocycles. The van der Waals surface area contributed by atoms with Crippen LogP contribution < -0.4 is 10.1 Å². The van der Waals surface area contributed by atoms with E-state index >= 15 is 0 Å². The first-order valence-corrected chi connectivity index (χ1v) is 13.2. The number of morpholine rings is 1. The van der Waals surface area contributed by atoms with Gasteiger partial charge in [-0.2, -0.15) is 4.31 Å². The number of anilines is 1. The minimum atomic E-state index is -3.85. The van der Waals surface area contributed by atoms with Crippen molar-refractivity contribution in [3.05, 3.63) is 77.8 Å². The molecule has 1 heterocycles. The number of halogens is 1. The highest BCUT2D eigenvalue weighted by molar-refractivity contribution is 7.99. The molecule has 4 rings (SSSR count). The zero-order valence-electron chi connectivity index (χ0n) is 18.1. The van der Waals surface area contributed by atoms with Crippen LogP contribution in [-0.4, -0.2) is 51.5 Å². The van der Waals surface area contributed by atoms with Crippen LogP contribution in [0.1, 0.15) is 0 Å². The second kappa shape index (κ2) is 11.2. The Morgan fingerprint density at radius 3 is 2.50 bits per heavy atom. The Bertz CT molecular complexity index is 1250. The number of benzene rings is 3. The summed E-state index contributed by atoms with van der Waals surface area (Å²) in [5, 5.41) is 3.11. The number of sulfonamides is 1. The normalized spacial score (nSPS) is 14.5. The first kappa shape index (κ1) is 24.6. The summed E-state index contributed by atoms with van der Waals surface area (Å²) in [6.07, 6.45) is 0. The largest absolute Gasteiger partial charge is 0.482 e. The van der Waals surface area contributed by atoms with E-state index in [0.29, 0.717) is 18.9 Å². The van der Waals surface area contributed by atoms with Crippen molar-refractivity contribution in [1.29, 1.82) is 0 Å². The van der Waals surface area contributed by atoms with Crippen molar-refractivity contribution >= 4 is 45.0 Å². The monoisotopic (exact) mass is 518 g/mol. The van der Waals surface area contributed by atoms with E-state index < -0.39 is 15.9 Å². The topological polar surface area (TPSA) is 84.9 Å². The van der Waals surface area contributed by atoms with Crippen LogP contribution in [-0.2, 0) is 19.6 Å². The summed E-state index contributed by atoms with van der Waals surface area (Å²) in [7, 11) is -3.85. The third kappa shape index (κ3) is 6.11. The van der Waals surface area contributed by atoms with E-state index in [-0.39, 0.29) is 35.4 Å². The first-order valence-electron chi connectivity index (χ1n) is 10.6. The van der Waals surface area contributed by atoms with Crippen molar-refractivity contribution in [1.82, 2.24) is 4.31 Å². The fourth-order valence-electron chi connectivity index (χ4n) is 3.33. The third-order valence-corrected chi connectivity index (χ3v) is 8.22. The smallest absolute Gasteiger partial charge is 0.262 e. The van der Waals surface area contributed by atoms with E-state index in [0.717, 1.165) is 9.79 Å². The zero-order valence-corrected chi connectivity index (χ0v) is 20.5. The summed E-state index contributed by atoms with van der Waals surface area (Å²) in [5.41, 5.74) is 0.641. The van der Waals surface area contributed by atoms with E-state index in [1.165, 1.54) is 34.3 Å². The van der Waals surface area contributed by atoms with Gasteiger partial charge >= 0.3 is 0 Å². The average Bonchev–Trinajstić information content (AvgIpc) is 2.85. The number of rotatable bonds is 8. The van der Waals surface area contributed by atoms with E-state index in [1.54, 1.807) is 6.07 Å². The molecular weight excluding hydrogens is 496 g/mol. The summed E-state index contributed by atoms with van der Waals surface area (Å²) >= 11 is 7.60. The molecule has 1 N–H and O–H groups in total. The lowest BCUT2D eigenvalue weighted by molar-refractivity contribution is -0.118. The number of carbonyl (C=O) groups excluding carboxylic acids is 1. The van der Waals surface area contributed by atoms with Gasteiger partial charge in [0.1, 0.15) is 10.6 Å². The molecule has 0 atom stereocenters. The van der Waals surface area contributed by atoms with Gasteiger partial charge in [0.05, 0.1) is 18.9 Å². The van der Waals surface area contributed by atoms with Crippen molar-refractivity contribution in [3.8, 4) is 5.75 Å². The second-order valence-corrected chi connectivity index (χ2v) is 10.8. The highest BCUT2D eigenvalue weighted by Gasteiger charge is 2.29. The van der Waals surface area contributed by atoms with Crippen LogP contribution in [0.2, 0.25) is 5.02 Å². The molecule has 0 aliphatic carbocycles. The Morgan fingerprint density at radius 1 is 1.03 bits per heavy atom. The molecule has 0 spiro atoms. The number of ether oxygens (including phenoxy) is 2. The minimum absolute atomic E-state index is 0.0676. The molecule has 0 radical (unpaired) electrons. The van der Waals surface area contributed by atoms with E-state index in [2.05, 4.69) is 5.32 Å². The van der Waals surface area contributed by atoms with Crippen LogP contribution in [0, 0.1) is 0 Å². The molecule has 1 amide bonds. The maximum Gasteiger partial charge on any atom is 0.262 e. The predicted octanol–water partition coefficient (Wildman–Crippen LogP) is 4.53. The van der Waals surface area contributed by atoms with Gasteiger partial charge in [-0.3, -0.25) is 4.79 Å². The van der Waals surface area contributed by atoms with E-state index in [1.807, 2.05) is 48.5 Å². The van der Waals surface area contributed by atoms with Crippen LogP contribution in [0.15, 0.2) is 87.5 Å². The van der Waals surface area contributed by atoms with Gasteiger partial charge in [-0.25, -0.2) is 8.42 Å². The van der Waals surface area contributed by atoms with Gasteiger partial charge in [0.2, 0.25) is 10.0 Å². The SMILES string of the molecule is O=C(COc1ccc(Cl)cc1S(=O)(=O)N1CCOCC1)Nc1ccccc1Sc1ccccc1. The van der Waals surface area contributed by atoms with E-state index in [4.69, 9.17) is 21.1 Å². The average molecular weight is 519 g/mol. The fourth-order valence-corrected chi connectivity index (χ4v) is 6.06. The molecule has 0 unspecified atom stereocenters. The van der Waals surface area contributed by atoms with Gasteiger partial charge < -0.3 is 14.8 Å². The molecule has 7 nitrogen and oxygen atoms in total. The molecule has 1 aliphatic heterocycles. The van der Waals surface area contributed by atoms with Crippen molar-refractivity contribution < 1.29 is 22.7 Å². The third-order valence-electron chi connectivity index (χ3n) is 4.98. The van der Waals surface area contributed by atoms with Gasteiger partial charge in [0.15, 0.2) is 6.61 Å². The fraction of sp³-hybridized carbons (Fsp3) is 0.208. The van der Waals surface area contributed by atoms with Crippen LogP contribution in [0.3, 0.4) is 0 Å². The minimum Gasteiger partial charge on any atom is -0.482 e.